The van der Waals surface area contributed by atoms with Gasteiger partial charge in [0.15, 0.2) is 11.5 Å². The number of carbonyl (C=O) groups is 1. The van der Waals surface area contributed by atoms with E-state index in [2.05, 4.69) is 20.6 Å². The second-order valence-electron chi connectivity index (χ2n) is 6.03. The average Bonchev–Trinajstić information content (AvgIpc) is 2.73. The smallest absolute Gasteiger partial charge is 0.274 e. The quantitative estimate of drug-likeness (QED) is 0.629. The third-order valence-corrected chi connectivity index (χ3v) is 4.08. The average molecular weight is 394 g/mol. The molecular weight excluding hydrogens is 372 g/mol. The van der Waals surface area contributed by atoms with Gasteiger partial charge in [0.2, 0.25) is 0 Å². The highest BCUT2D eigenvalue weighted by Gasteiger charge is 2.14. The van der Waals surface area contributed by atoms with Crippen molar-refractivity contribution in [1.29, 1.82) is 0 Å². The van der Waals surface area contributed by atoms with Gasteiger partial charge in [-0.05, 0) is 31.2 Å². The summed E-state index contributed by atoms with van der Waals surface area (Å²) in [6.45, 7) is 1.72. The van der Waals surface area contributed by atoms with Crippen LogP contribution in [0.3, 0.4) is 0 Å². The summed E-state index contributed by atoms with van der Waals surface area (Å²) >= 11 is 0. The number of hydrogen-bond acceptors (Lipinski definition) is 7. The molecule has 1 heterocycles. The van der Waals surface area contributed by atoms with Crippen LogP contribution in [0, 0.1) is 6.92 Å². The Morgan fingerprint density at radius 3 is 2.31 bits per heavy atom. The Balaban J connectivity index is 1.83. The van der Waals surface area contributed by atoms with Crippen LogP contribution in [-0.2, 0) is 0 Å². The maximum atomic E-state index is 12.7. The molecule has 8 nitrogen and oxygen atoms in total. The second kappa shape index (κ2) is 8.92. The van der Waals surface area contributed by atoms with Crippen molar-refractivity contribution < 1.29 is 19.0 Å². The number of para-hydroxylation sites is 2. The van der Waals surface area contributed by atoms with Crippen LogP contribution in [0.25, 0.3) is 0 Å². The van der Waals surface area contributed by atoms with E-state index in [4.69, 9.17) is 14.2 Å². The molecule has 3 aromatic rings. The Bertz CT molecular complexity index is 1020. The van der Waals surface area contributed by atoms with Crippen LogP contribution in [0.5, 0.6) is 17.2 Å². The molecule has 0 unspecified atom stereocenters. The SMILES string of the molecule is COc1ccccc1NC(=O)c1cc(Nc2ccc(OC)c(OC)c2)nc(C)n1. The number of anilines is 3. The maximum absolute atomic E-state index is 12.7. The third-order valence-electron chi connectivity index (χ3n) is 4.08. The molecule has 0 fully saturated rings. The van der Waals surface area contributed by atoms with Crippen LogP contribution in [-0.4, -0.2) is 37.2 Å². The van der Waals surface area contributed by atoms with E-state index in [1.165, 1.54) is 0 Å². The lowest BCUT2D eigenvalue weighted by atomic mass is 10.2. The van der Waals surface area contributed by atoms with E-state index in [0.717, 1.165) is 5.69 Å². The normalized spacial score (nSPS) is 10.2. The molecule has 29 heavy (non-hydrogen) atoms. The van der Waals surface area contributed by atoms with E-state index in [1.54, 1.807) is 58.6 Å². The van der Waals surface area contributed by atoms with E-state index in [0.29, 0.717) is 34.6 Å². The van der Waals surface area contributed by atoms with Crippen molar-refractivity contribution in [3.05, 3.63) is 60.0 Å². The predicted molar refractivity (Wildman–Crippen MR) is 111 cm³/mol. The number of rotatable bonds is 7. The molecule has 0 radical (unpaired) electrons. The lowest BCUT2D eigenvalue weighted by Gasteiger charge is -2.12. The van der Waals surface area contributed by atoms with Crippen molar-refractivity contribution in [3.8, 4) is 17.2 Å². The fourth-order valence-electron chi connectivity index (χ4n) is 2.74. The van der Waals surface area contributed by atoms with Crippen molar-refractivity contribution >= 4 is 23.1 Å². The molecular formula is C21H22N4O4. The van der Waals surface area contributed by atoms with Crippen LogP contribution in [0.1, 0.15) is 16.3 Å². The first-order valence-corrected chi connectivity index (χ1v) is 8.83. The summed E-state index contributed by atoms with van der Waals surface area (Å²) < 4.78 is 15.8. The molecule has 8 heteroatoms. The molecule has 0 bridgehead atoms. The van der Waals surface area contributed by atoms with Gasteiger partial charge in [-0.1, -0.05) is 12.1 Å². The largest absolute Gasteiger partial charge is 0.495 e. The van der Waals surface area contributed by atoms with E-state index in [1.807, 2.05) is 18.2 Å². The Kier molecular flexibility index (Phi) is 6.13. The van der Waals surface area contributed by atoms with Gasteiger partial charge in [0.25, 0.3) is 5.91 Å². The zero-order valence-electron chi connectivity index (χ0n) is 16.6. The maximum Gasteiger partial charge on any atom is 0.274 e. The molecule has 0 saturated carbocycles. The first-order valence-electron chi connectivity index (χ1n) is 8.83. The number of ether oxygens (including phenoxy) is 3. The minimum absolute atomic E-state index is 0.228. The topological polar surface area (TPSA) is 94.6 Å². The summed E-state index contributed by atoms with van der Waals surface area (Å²) in [5.41, 5.74) is 1.52. The zero-order valence-corrected chi connectivity index (χ0v) is 16.6. The molecule has 3 rings (SSSR count). The molecule has 1 aromatic heterocycles. The van der Waals surface area contributed by atoms with Gasteiger partial charge in [-0.15, -0.1) is 0 Å². The Hall–Kier alpha value is -3.81. The van der Waals surface area contributed by atoms with Gasteiger partial charge in [0.1, 0.15) is 23.1 Å². The van der Waals surface area contributed by atoms with E-state index in [9.17, 15) is 4.79 Å². The van der Waals surface area contributed by atoms with E-state index >= 15 is 0 Å². The summed E-state index contributed by atoms with van der Waals surface area (Å²) in [6, 6.07) is 14.1. The number of benzene rings is 2. The van der Waals surface area contributed by atoms with Gasteiger partial charge >= 0.3 is 0 Å². The van der Waals surface area contributed by atoms with Crippen LogP contribution >= 0.6 is 0 Å². The van der Waals surface area contributed by atoms with Crippen LogP contribution < -0.4 is 24.8 Å². The molecule has 2 aromatic carbocycles. The fourth-order valence-corrected chi connectivity index (χ4v) is 2.74. The number of carbonyl (C=O) groups excluding carboxylic acids is 1. The van der Waals surface area contributed by atoms with Gasteiger partial charge in [0.05, 0.1) is 27.0 Å². The van der Waals surface area contributed by atoms with Crippen LogP contribution in [0.2, 0.25) is 0 Å². The summed E-state index contributed by atoms with van der Waals surface area (Å²) in [6.07, 6.45) is 0. The Morgan fingerprint density at radius 1 is 0.862 bits per heavy atom. The summed E-state index contributed by atoms with van der Waals surface area (Å²) in [4.78, 5) is 21.3. The standard InChI is InChI=1S/C21H22N4O4/c1-13-22-16(21(26)25-15-7-5-6-8-17(15)27-2)12-20(23-13)24-14-9-10-18(28-3)19(11-14)29-4/h5-12H,1-4H3,(H,25,26)(H,22,23,24). The number of aryl methyl sites for hydroxylation is 1. The number of methoxy groups -OCH3 is 3. The first kappa shape index (κ1) is 19.9. The number of aromatic nitrogens is 2. The summed E-state index contributed by atoms with van der Waals surface area (Å²) in [5.74, 6) is 2.34. The van der Waals surface area contributed by atoms with Crippen LogP contribution in [0.15, 0.2) is 48.5 Å². The fraction of sp³-hybridized carbons (Fsp3) is 0.190. The van der Waals surface area contributed by atoms with Gasteiger partial charge in [-0.25, -0.2) is 9.97 Å². The monoisotopic (exact) mass is 394 g/mol. The molecule has 1 amide bonds. The molecule has 0 aliphatic rings. The lowest BCUT2D eigenvalue weighted by Crippen LogP contribution is -2.16. The predicted octanol–water partition coefficient (Wildman–Crippen LogP) is 3.81. The molecule has 150 valence electrons. The molecule has 0 aliphatic carbocycles. The zero-order chi connectivity index (χ0) is 20.8. The van der Waals surface area contributed by atoms with Crippen LogP contribution in [0.4, 0.5) is 17.2 Å². The Morgan fingerprint density at radius 2 is 1.59 bits per heavy atom. The molecule has 0 atom stereocenters. The number of amides is 1. The summed E-state index contributed by atoms with van der Waals surface area (Å²) in [7, 11) is 4.69. The van der Waals surface area contributed by atoms with E-state index < -0.39 is 0 Å². The van der Waals surface area contributed by atoms with Crippen molar-refractivity contribution in [3.63, 3.8) is 0 Å². The van der Waals surface area contributed by atoms with Gasteiger partial charge < -0.3 is 24.8 Å². The van der Waals surface area contributed by atoms with E-state index in [-0.39, 0.29) is 11.6 Å². The summed E-state index contributed by atoms with van der Waals surface area (Å²) in [5, 5.41) is 5.97. The molecule has 2 N–H and O–H groups in total. The van der Waals surface area contributed by atoms with Gasteiger partial charge in [-0.2, -0.15) is 0 Å². The third kappa shape index (κ3) is 4.73. The number of nitrogens with zero attached hydrogens (tertiary/aromatic N) is 2. The van der Waals surface area contributed by atoms with Crippen molar-refractivity contribution in [1.82, 2.24) is 9.97 Å². The first-order chi connectivity index (χ1) is 14.0. The van der Waals surface area contributed by atoms with Gasteiger partial charge in [0, 0.05) is 17.8 Å². The number of nitrogens with one attached hydrogen (secondary N) is 2. The lowest BCUT2D eigenvalue weighted by molar-refractivity contribution is 0.102. The van der Waals surface area contributed by atoms with Crippen molar-refractivity contribution in [2.75, 3.05) is 32.0 Å². The highest BCUT2D eigenvalue weighted by atomic mass is 16.5. The second-order valence-corrected chi connectivity index (χ2v) is 6.03. The highest BCUT2D eigenvalue weighted by molar-refractivity contribution is 6.04. The minimum atomic E-state index is -0.365. The highest BCUT2D eigenvalue weighted by Crippen LogP contribution is 2.31. The number of hydrogen-bond donors (Lipinski definition) is 2. The minimum Gasteiger partial charge on any atom is -0.495 e. The molecule has 0 spiro atoms. The Labute approximate surface area is 168 Å². The molecule has 0 aliphatic heterocycles. The van der Waals surface area contributed by atoms with Crippen molar-refractivity contribution in [2.24, 2.45) is 0 Å². The van der Waals surface area contributed by atoms with Crippen molar-refractivity contribution in [2.45, 2.75) is 6.92 Å². The van der Waals surface area contributed by atoms with Gasteiger partial charge in [-0.3, -0.25) is 4.79 Å². The molecule has 0 saturated heterocycles.